The van der Waals surface area contributed by atoms with Gasteiger partial charge in [-0.15, -0.1) is 0 Å². The van der Waals surface area contributed by atoms with Crippen molar-refractivity contribution in [3.63, 3.8) is 0 Å². The fourth-order valence-corrected chi connectivity index (χ4v) is 1.38. The number of hydrogen-bond acceptors (Lipinski definition) is 3. The summed E-state index contributed by atoms with van der Waals surface area (Å²) in [5, 5.41) is 8.49. The third-order valence-electron chi connectivity index (χ3n) is 2.46. The quantitative estimate of drug-likeness (QED) is 0.601. The first-order chi connectivity index (χ1) is 5.25. The third kappa shape index (κ3) is 1.44. The lowest BCUT2D eigenvalue weighted by atomic mass is 9.71. The van der Waals surface area contributed by atoms with Gasteiger partial charge >= 0.3 is 0 Å². The molecule has 64 valence electrons. The van der Waals surface area contributed by atoms with Crippen LogP contribution in [0.25, 0.3) is 0 Å². The predicted molar refractivity (Wildman–Crippen MR) is 40.2 cm³/mol. The highest BCUT2D eigenvalue weighted by molar-refractivity contribution is 5.64. The third-order valence-corrected chi connectivity index (χ3v) is 2.46. The number of aldehydes is 1. The molecule has 0 aliphatic heterocycles. The lowest BCUT2D eigenvalue weighted by Crippen LogP contribution is -2.50. The van der Waals surface area contributed by atoms with E-state index in [4.69, 9.17) is 9.84 Å². The van der Waals surface area contributed by atoms with E-state index in [0.717, 1.165) is 19.1 Å². The molecule has 1 aliphatic carbocycles. The summed E-state index contributed by atoms with van der Waals surface area (Å²) in [6.07, 6.45) is 2.72. The SMILES string of the molecule is CC1CCC1(C=O)OCCO. The van der Waals surface area contributed by atoms with Crippen molar-refractivity contribution in [2.45, 2.75) is 25.4 Å². The maximum atomic E-state index is 10.6. The minimum absolute atomic E-state index is 0.0116. The van der Waals surface area contributed by atoms with Crippen molar-refractivity contribution in [1.29, 1.82) is 0 Å². The molecule has 0 bridgehead atoms. The van der Waals surface area contributed by atoms with Crippen LogP contribution in [0, 0.1) is 5.92 Å². The van der Waals surface area contributed by atoms with Crippen LogP contribution >= 0.6 is 0 Å². The Bertz CT molecular complexity index is 146. The molecule has 0 spiro atoms. The van der Waals surface area contributed by atoms with Crippen LogP contribution in [0.5, 0.6) is 0 Å². The van der Waals surface area contributed by atoms with Gasteiger partial charge in [-0.25, -0.2) is 0 Å². The van der Waals surface area contributed by atoms with Gasteiger partial charge in [0, 0.05) is 0 Å². The van der Waals surface area contributed by atoms with Crippen LogP contribution in [0.4, 0.5) is 0 Å². The summed E-state index contributed by atoms with van der Waals surface area (Å²) in [6.45, 7) is 2.25. The molecule has 3 nitrogen and oxygen atoms in total. The molecule has 2 atom stereocenters. The summed E-state index contributed by atoms with van der Waals surface area (Å²) in [5.74, 6) is 0.312. The molecular weight excluding hydrogens is 144 g/mol. The first-order valence-corrected chi connectivity index (χ1v) is 3.96. The van der Waals surface area contributed by atoms with E-state index in [0.29, 0.717) is 5.92 Å². The number of hydrogen-bond donors (Lipinski definition) is 1. The average Bonchev–Trinajstić information content (AvgIpc) is 2.04. The second kappa shape index (κ2) is 3.32. The zero-order valence-corrected chi connectivity index (χ0v) is 6.75. The smallest absolute Gasteiger partial charge is 0.152 e. The van der Waals surface area contributed by atoms with Gasteiger partial charge < -0.3 is 14.6 Å². The molecule has 11 heavy (non-hydrogen) atoms. The number of carbonyl (C=O) groups is 1. The van der Waals surface area contributed by atoms with Gasteiger partial charge in [0.05, 0.1) is 13.2 Å². The van der Waals surface area contributed by atoms with Crippen LogP contribution in [-0.4, -0.2) is 30.2 Å². The van der Waals surface area contributed by atoms with Crippen LogP contribution in [0.15, 0.2) is 0 Å². The van der Waals surface area contributed by atoms with Crippen molar-refractivity contribution in [2.24, 2.45) is 5.92 Å². The molecule has 1 N–H and O–H groups in total. The van der Waals surface area contributed by atoms with Crippen molar-refractivity contribution in [2.75, 3.05) is 13.2 Å². The topological polar surface area (TPSA) is 46.5 Å². The molecule has 0 amide bonds. The van der Waals surface area contributed by atoms with Crippen molar-refractivity contribution in [1.82, 2.24) is 0 Å². The second-order valence-electron chi connectivity index (χ2n) is 3.08. The molecule has 0 aromatic heterocycles. The van der Waals surface area contributed by atoms with Gasteiger partial charge in [-0.2, -0.15) is 0 Å². The van der Waals surface area contributed by atoms with E-state index < -0.39 is 5.60 Å². The molecular formula is C8H14O3. The van der Waals surface area contributed by atoms with Crippen molar-refractivity contribution in [3.05, 3.63) is 0 Å². The Balaban J connectivity index is 2.41. The maximum Gasteiger partial charge on any atom is 0.152 e. The lowest BCUT2D eigenvalue weighted by Gasteiger charge is -2.43. The van der Waals surface area contributed by atoms with Gasteiger partial charge in [0.15, 0.2) is 6.29 Å². The van der Waals surface area contributed by atoms with E-state index in [1.54, 1.807) is 0 Å². The number of aliphatic hydroxyl groups is 1. The molecule has 2 unspecified atom stereocenters. The van der Waals surface area contributed by atoms with E-state index in [1.165, 1.54) is 0 Å². The first kappa shape index (κ1) is 8.68. The molecule has 1 rings (SSSR count). The average molecular weight is 158 g/mol. The van der Waals surface area contributed by atoms with Gasteiger partial charge in [-0.1, -0.05) is 6.92 Å². The van der Waals surface area contributed by atoms with E-state index >= 15 is 0 Å². The molecule has 0 radical (unpaired) electrons. The van der Waals surface area contributed by atoms with Gasteiger partial charge in [0.2, 0.25) is 0 Å². The van der Waals surface area contributed by atoms with Crippen molar-refractivity contribution < 1.29 is 14.6 Å². The van der Waals surface area contributed by atoms with E-state index in [2.05, 4.69) is 0 Å². The molecule has 0 aromatic rings. The standard InChI is InChI=1S/C8H14O3/c1-7-2-3-8(7,6-10)11-5-4-9/h6-7,9H,2-5H2,1H3. The van der Waals surface area contributed by atoms with E-state index in [-0.39, 0.29) is 13.2 Å². The number of rotatable bonds is 4. The first-order valence-electron chi connectivity index (χ1n) is 3.96. The molecule has 1 aliphatic rings. The summed E-state index contributed by atoms with van der Waals surface area (Å²) in [7, 11) is 0. The molecule has 1 saturated carbocycles. The fourth-order valence-electron chi connectivity index (χ4n) is 1.38. The lowest BCUT2D eigenvalue weighted by molar-refractivity contribution is -0.160. The number of ether oxygens (including phenoxy) is 1. The highest BCUT2D eigenvalue weighted by Gasteiger charge is 2.44. The maximum absolute atomic E-state index is 10.6. The van der Waals surface area contributed by atoms with Crippen LogP contribution in [0.2, 0.25) is 0 Å². The normalized spacial score (nSPS) is 36.4. The summed E-state index contributed by atoms with van der Waals surface area (Å²) >= 11 is 0. The zero-order chi connectivity index (χ0) is 8.32. The molecule has 0 saturated heterocycles. The summed E-state index contributed by atoms with van der Waals surface area (Å²) in [5.41, 5.74) is -0.567. The molecule has 0 aromatic carbocycles. The van der Waals surface area contributed by atoms with Gasteiger partial charge in [0.25, 0.3) is 0 Å². The summed E-state index contributed by atoms with van der Waals surface area (Å²) in [4.78, 5) is 10.6. The van der Waals surface area contributed by atoms with Crippen molar-refractivity contribution >= 4 is 6.29 Å². The highest BCUT2D eigenvalue weighted by atomic mass is 16.5. The zero-order valence-electron chi connectivity index (χ0n) is 6.75. The molecule has 0 heterocycles. The Labute approximate surface area is 66.4 Å². The van der Waals surface area contributed by atoms with Gasteiger partial charge in [-0.05, 0) is 18.8 Å². The minimum atomic E-state index is -0.567. The fraction of sp³-hybridized carbons (Fsp3) is 0.875. The summed E-state index contributed by atoms with van der Waals surface area (Å²) < 4.78 is 5.26. The van der Waals surface area contributed by atoms with Crippen LogP contribution in [0.1, 0.15) is 19.8 Å². The largest absolute Gasteiger partial charge is 0.394 e. The predicted octanol–water partition coefficient (Wildman–Crippen LogP) is 0.363. The number of carbonyl (C=O) groups excluding carboxylic acids is 1. The second-order valence-corrected chi connectivity index (χ2v) is 3.08. The van der Waals surface area contributed by atoms with Gasteiger partial charge in [0.1, 0.15) is 5.60 Å². The van der Waals surface area contributed by atoms with Crippen molar-refractivity contribution in [3.8, 4) is 0 Å². The minimum Gasteiger partial charge on any atom is -0.394 e. The Morgan fingerprint density at radius 3 is 2.82 bits per heavy atom. The Kier molecular flexibility index (Phi) is 2.62. The van der Waals surface area contributed by atoms with Gasteiger partial charge in [-0.3, -0.25) is 0 Å². The Hall–Kier alpha value is -0.410. The van der Waals surface area contributed by atoms with Crippen LogP contribution in [-0.2, 0) is 9.53 Å². The highest BCUT2D eigenvalue weighted by Crippen LogP contribution is 2.39. The van der Waals surface area contributed by atoms with E-state index in [1.807, 2.05) is 6.92 Å². The molecule has 1 fully saturated rings. The molecule has 3 heteroatoms. The Morgan fingerprint density at radius 1 is 1.82 bits per heavy atom. The monoisotopic (exact) mass is 158 g/mol. The number of aliphatic hydroxyl groups excluding tert-OH is 1. The van der Waals surface area contributed by atoms with Crippen LogP contribution in [0.3, 0.4) is 0 Å². The Morgan fingerprint density at radius 2 is 2.55 bits per heavy atom. The van der Waals surface area contributed by atoms with Crippen LogP contribution < -0.4 is 0 Å². The summed E-state index contributed by atoms with van der Waals surface area (Å²) in [6, 6.07) is 0. The van der Waals surface area contributed by atoms with E-state index in [9.17, 15) is 4.79 Å².